The molecule has 0 saturated heterocycles. The van der Waals surface area contributed by atoms with E-state index in [0.29, 0.717) is 24.5 Å². The fourth-order valence-electron chi connectivity index (χ4n) is 1.13. The van der Waals surface area contributed by atoms with E-state index in [0.717, 1.165) is 5.69 Å². The van der Waals surface area contributed by atoms with Gasteiger partial charge in [-0.1, -0.05) is 17.7 Å². The molecule has 0 saturated carbocycles. The van der Waals surface area contributed by atoms with Gasteiger partial charge < -0.3 is 5.32 Å². The molecule has 0 aromatic carbocycles. The molecular formula is C10H14ClN3O. The maximum absolute atomic E-state index is 11.3. The summed E-state index contributed by atoms with van der Waals surface area (Å²) in [5.74, 6) is -0.0130. The Hall–Kier alpha value is -1.29. The lowest BCUT2D eigenvalue weighted by atomic mass is 10.4. The summed E-state index contributed by atoms with van der Waals surface area (Å²) in [6.07, 6.45) is 3.62. The number of hydrogen-bond donors (Lipinski definition) is 1. The summed E-state index contributed by atoms with van der Waals surface area (Å²) < 4.78 is 1.72. The van der Waals surface area contributed by atoms with E-state index in [2.05, 4.69) is 17.0 Å². The van der Waals surface area contributed by atoms with Crippen LogP contribution in [0.5, 0.6) is 0 Å². The second kappa shape index (κ2) is 5.56. The predicted octanol–water partition coefficient (Wildman–Crippen LogP) is 1.54. The topological polar surface area (TPSA) is 46.9 Å². The zero-order chi connectivity index (χ0) is 11.3. The number of rotatable bonds is 5. The van der Waals surface area contributed by atoms with Gasteiger partial charge in [-0.2, -0.15) is 5.10 Å². The Balaban J connectivity index is 2.40. The molecule has 0 radical (unpaired) electrons. The molecule has 82 valence electrons. The van der Waals surface area contributed by atoms with Crippen LogP contribution in [0.4, 0.5) is 0 Å². The quantitative estimate of drug-likeness (QED) is 0.776. The number of carbonyl (C=O) groups is 1. The lowest BCUT2D eigenvalue weighted by Crippen LogP contribution is -2.24. The van der Waals surface area contributed by atoms with Crippen molar-refractivity contribution in [2.24, 2.45) is 0 Å². The monoisotopic (exact) mass is 227 g/mol. The molecule has 0 aliphatic rings. The summed E-state index contributed by atoms with van der Waals surface area (Å²) in [6, 6.07) is 0. The summed E-state index contributed by atoms with van der Waals surface area (Å²) in [5, 5.41) is 7.38. The zero-order valence-corrected chi connectivity index (χ0v) is 9.42. The molecule has 1 rings (SSSR count). The van der Waals surface area contributed by atoms with E-state index in [9.17, 15) is 4.79 Å². The van der Waals surface area contributed by atoms with Crippen LogP contribution in [0.15, 0.2) is 18.9 Å². The van der Waals surface area contributed by atoms with Crippen molar-refractivity contribution in [3.8, 4) is 0 Å². The number of aromatic nitrogens is 2. The first-order chi connectivity index (χ1) is 7.15. The third-order valence-corrected chi connectivity index (χ3v) is 2.41. The average molecular weight is 228 g/mol. The average Bonchev–Trinajstić information content (AvgIpc) is 2.54. The van der Waals surface area contributed by atoms with Crippen molar-refractivity contribution in [2.75, 3.05) is 6.54 Å². The summed E-state index contributed by atoms with van der Waals surface area (Å²) in [4.78, 5) is 11.3. The van der Waals surface area contributed by atoms with Crippen LogP contribution in [0.1, 0.15) is 12.1 Å². The van der Waals surface area contributed by atoms with Crippen LogP contribution in [-0.2, 0) is 11.3 Å². The van der Waals surface area contributed by atoms with Gasteiger partial charge in [0.15, 0.2) is 0 Å². The highest BCUT2D eigenvalue weighted by Gasteiger charge is 2.05. The molecule has 1 aromatic rings. The number of hydrogen-bond acceptors (Lipinski definition) is 2. The maximum atomic E-state index is 11.3. The third kappa shape index (κ3) is 3.40. The smallest absolute Gasteiger partial charge is 0.222 e. The van der Waals surface area contributed by atoms with Crippen molar-refractivity contribution in [3.05, 3.63) is 29.6 Å². The van der Waals surface area contributed by atoms with E-state index in [1.807, 2.05) is 6.92 Å². The fraction of sp³-hybridized carbons (Fsp3) is 0.400. The second-order valence-electron chi connectivity index (χ2n) is 3.14. The van der Waals surface area contributed by atoms with Crippen LogP contribution in [0.3, 0.4) is 0 Å². The van der Waals surface area contributed by atoms with Crippen molar-refractivity contribution in [1.29, 1.82) is 0 Å². The van der Waals surface area contributed by atoms with Crippen LogP contribution in [0.2, 0.25) is 5.02 Å². The van der Waals surface area contributed by atoms with Crippen molar-refractivity contribution in [3.63, 3.8) is 0 Å². The van der Waals surface area contributed by atoms with Gasteiger partial charge in [0.1, 0.15) is 0 Å². The summed E-state index contributed by atoms with van der Waals surface area (Å²) in [6.45, 7) is 6.43. The van der Waals surface area contributed by atoms with Gasteiger partial charge >= 0.3 is 0 Å². The van der Waals surface area contributed by atoms with Crippen LogP contribution in [0, 0.1) is 6.92 Å². The van der Waals surface area contributed by atoms with Gasteiger partial charge in [0.05, 0.1) is 23.5 Å². The van der Waals surface area contributed by atoms with Gasteiger partial charge in [-0.15, -0.1) is 6.58 Å². The normalized spacial score (nSPS) is 10.0. The molecule has 0 atom stereocenters. The Morgan fingerprint density at radius 1 is 1.80 bits per heavy atom. The molecule has 0 aliphatic heterocycles. The minimum Gasteiger partial charge on any atom is -0.353 e. The Bertz CT molecular complexity index is 360. The second-order valence-corrected chi connectivity index (χ2v) is 3.55. The number of aryl methyl sites for hydroxylation is 1. The Morgan fingerprint density at radius 3 is 3.07 bits per heavy atom. The van der Waals surface area contributed by atoms with E-state index < -0.39 is 0 Å². The number of nitrogens with zero attached hydrogens (tertiary/aromatic N) is 2. The van der Waals surface area contributed by atoms with Gasteiger partial charge in [0, 0.05) is 13.0 Å². The highest BCUT2D eigenvalue weighted by Crippen LogP contribution is 2.13. The zero-order valence-electron chi connectivity index (χ0n) is 8.66. The standard InChI is InChI=1S/C10H14ClN3O/c1-3-5-12-10(15)4-6-14-8(2)9(11)7-13-14/h3,7H,1,4-6H2,2H3,(H,12,15). The van der Waals surface area contributed by atoms with Crippen LogP contribution in [0.25, 0.3) is 0 Å². The van der Waals surface area contributed by atoms with E-state index in [4.69, 9.17) is 11.6 Å². The van der Waals surface area contributed by atoms with Gasteiger partial charge in [0.25, 0.3) is 0 Å². The van der Waals surface area contributed by atoms with Crippen LogP contribution >= 0.6 is 11.6 Å². The molecule has 0 unspecified atom stereocenters. The summed E-state index contributed by atoms with van der Waals surface area (Å²) in [5.41, 5.74) is 0.883. The van der Waals surface area contributed by atoms with Crippen molar-refractivity contribution < 1.29 is 4.79 Å². The number of carbonyl (C=O) groups excluding carboxylic acids is 1. The Kier molecular flexibility index (Phi) is 4.37. The van der Waals surface area contributed by atoms with E-state index >= 15 is 0 Å². The molecule has 1 aromatic heterocycles. The van der Waals surface area contributed by atoms with Crippen molar-refractivity contribution in [2.45, 2.75) is 19.9 Å². The largest absolute Gasteiger partial charge is 0.353 e. The molecule has 0 bridgehead atoms. The van der Waals surface area contributed by atoms with Gasteiger partial charge in [0.2, 0.25) is 5.91 Å². The first kappa shape index (κ1) is 11.8. The molecule has 5 heteroatoms. The molecule has 1 amide bonds. The highest BCUT2D eigenvalue weighted by atomic mass is 35.5. The molecule has 1 N–H and O–H groups in total. The molecule has 0 fully saturated rings. The third-order valence-electron chi connectivity index (χ3n) is 2.04. The van der Waals surface area contributed by atoms with Gasteiger partial charge in [-0.25, -0.2) is 0 Å². The minimum absolute atomic E-state index is 0.0130. The SMILES string of the molecule is C=CCNC(=O)CCn1ncc(Cl)c1C. The summed E-state index contributed by atoms with van der Waals surface area (Å²) >= 11 is 5.83. The van der Waals surface area contributed by atoms with Crippen LogP contribution in [-0.4, -0.2) is 22.2 Å². The van der Waals surface area contributed by atoms with Gasteiger partial charge in [-0.05, 0) is 6.92 Å². The number of nitrogens with one attached hydrogen (secondary N) is 1. The lowest BCUT2D eigenvalue weighted by Gasteiger charge is -2.04. The number of amides is 1. The fourth-order valence-corrected chi connectivity index (χ4v) is 1.27. The molecule has 0 aliphatic carbocycles. The van der Waals surface area contributed by atoms with Crippen molar-refractivity contribution in [1.82, 2.24) is 15.1 Å². The van der Waals surface area contributed by atoms with Gasteiger partial charge in [-0.3, -0.25) is 9.48 Å². The Labute approximate surface area is 93.9 Å². The maximum Gasteiger partial charge on any atom is 0.222 e. The minimum atomic E-state index is -0.0130. The van der Waals surface area contributed by atoms with E-state index in [-0.39, 0.29) is 5.91 Å². The summed E-state index contributed by atoms with van der Waals surface area (Å²) in [7, 11) is 0. The van der Waals surface area contributed by atoms with E-state index in [1.54, 1.807) is 17.0 Å². The number of halogens is 1. The molecule has 4 nitrogen and oxygen atoms in total. The first-order valence-corrected chi connectivity index (χ1v) is 5.08. The lowest BCUT2D eigenvalue weighted by molar-refractivity contribution is -0.121. The Morgan fingerprint density at radius 2 is 2.53 bits per heavy atom. The molecule has 15 heavy (non-hydrogen) atoms. The first-order valence-electron chi connectivity index (χ1n) is 4.70. The predicted molar refractivity (Wildman–Crippen MR) is 59.8 cm³/mol. The highest BCUT2D eigenvalue weighted by molar-refractivity contribution is 6.31. The van der Waals surface area contributed by atoms with E-state index in [1.165, 1.54) is 0 Å². The van der Waals surface area contributed by atoms with Crippen molar-refractivity contribution >= 4 is 17.5 Å². The molecule has 0 spiro atoms. The van der Waals surface area contributed by atoms with Crippen LogP contribution < -0.4 is 5.32 Å². The molecular weight excluding hydrogens is 214 g/mol. The molecule has 1 heterocycles.